The molecule has 0 aliphatic heterocycles. The standard InChI is InChI=1S/C17H19NO5/c1-5-18(6-2)11-9-12(19)23-16-13(11)14(20-3)10-7-8-22-15(10)17(16)21-4/h7-9H,5-6H2,1-4H3. The summed E-state index contributed by atoms with van der Waals surface area (Å²) in [7, 11) is 3.11. The first-order valence-corrected chi connectivity index (χ1v) is 7.50. The van der Waals surface area contributed by atoms with Gasteiger partial charge in [-0.15, -0.1) is 0 Å². The molecule has 0 saturated carbocycles. The van der Waals surface area contributed by atoms with Crippen molar-refractivity contribution < 1.29 is 18.3 Å². The second kappa shape index (κ2) is 5.87. The average molecular weight is 317 g/mol. The van der Waals surface area contributed by atoms with E-state index in [1.807, 2.05) is 19.9 Å². The third kappa shape index (κ3) is 2.21. The fourth-order valence-electron chi connectivity index (χ4n) is 2.97. The van der Waals surface area contributed by atoms with Crippen molar-refractivity contribution in [3.8, 4) is 11.5 Å². The highest BCUT2D eigenvalue weighted by molar-refractivity contribution is 6.11. The number of anilines is 1. The Morgan fingerprint density at radius 3 is 2.39 bits per heavy atom. The molecule has 6 heteroatoms. The number of rotatable bonds is 5. The predicted octanol–water partition coefficient (Wildman–Crippen LogP) is 3.40. The number of benzene rings is 1. The molecule has 0 unspecified atom stereocenters. The van der Waals surface area contributed by atoms with Crippen LogP contribution in [0.1, 0.15) is 13.8 Å². The van der Waals surface area contributed by atoms with E-state index >= 15 is 0 Å². The molecule has 1 aromatic carbocycles. The van der Waals surface area contributed by atoms with Gasteiger partial charge in [-0.3, -0.25) is 0 Å². The van der Waals surface area contributed by atoms with Gasteiger partial charge in [-0.2, -0.15) is 0 Å². The second-order valence-corrected chi connectivity index (χ2v) is 5.06. The van der Waals surface area contributed by atoms with Crippen LogP contribution in [0.5, 0.6) is 11.5 Å². The molecule has 3 aromatic rings. The molecule has 0 atom stereocenters. The minimum Gasteiger partial charge on any atom is -0.495 e. The highest BCUT2D eigenvalue weighted by Gasteiger charge is 2.24. The molecule has 0 fully saturated rings. The molecule has 0 spiro atoms. The second-order valence-electron chi connectivity index (χ2n) is 5.06. The number of nitrogens with zero attached hydrogens (tertiary/aromatic N) is 1. The van der Waals surface area contributed by atoms with Crippen LogP contribution in [-0.2, 0) is 0 Å². The SMILES string of the molecule is CCN(CC)c1cc(=O)oc2c(OC)c3occc3c(OC)c12. The van der Waals surface area contributed by atoms with Crippen molar-refractivity contribution >= 4 is 27.6 Å². The molecular weight excluding hydrogens is 298 g/mol. The zero-order valence-electron chi connectivity index (χ0n) is 13.6. The van der Waals surface area contributed by atoms with Crippen molar-refractivity contribution in [3.63, 3.8) is 0 Å². The minimum atomic E-state index is -0.439. The first-order chi connectivity index (χ1) is 11.2. The normalized spacial score (nSPS) is 11.1. The van der Waals surface area contributed by atoms with Gasteiger partial charge in [0.2, 0.25) is 5.75 Å². The highest BCUT2D eigenvalue weighted by atomic mass is 16.5. The van der Waals surface area contributed by atoms with Gasteiger partial charge in [-0.05, 0) is 19.9 Å². The smallest absolute Gasteiger partial charge is 0.338 e. The molecule has 0 aliphatic carbocycles. The van der Waals surface area contributed by atoms with E-state index in [4.69, 9.17) is 18.3 Å². The number of ether oxygens (including phenoxy) is 2. The summed E-state index contributed by atoms with van der Waals surface area (Å²) in [5.74, 6) is 1.00. The van der Waals surface area contributed by atoms with E-state index in [2.05, 4.69) is 4.90 Å². The van der Waals surface area contributed by atoms with E-state index in [0.717, 1.165) is 24.2 Å². The first-order valence-electron chi connectivity index (χ1n) is 7.50. The van der Waals surface area contributed by atoms with Crippen LogP contribution in [0.4, 0.5) is 5.69 Å². The van der Waals surface area contributed by atoms with Gasteiger partial charge in [0.25, 0.3) is 0 Å². The Bertz CT molecular complexity index is 905. The lowest BCUT2D eigenvalue weighted by molar-refractivity contribution is 0.398. The Kier molecular flexibility index (Phi) is 3.90. The van der Waals surface area contributed by atoms with Gasteiger partial charge in [0.05, 0.1) is 36.9 Å². The maximum absolute atomic E-state index is 12.1. The molecule has 6 nitrogen and oxygen atoms in total. The maximum Gasteiger partial charge on any atom is 0.338 e. The Labute approximate surface area is 133 Å². The molecule has 0 aliphatic rings. The summed E-state index contributed by atoms with van der Waals surface area (Å²) < 4.78 is 22.0. The number of fused-ring (bicyclic) bond motifs is 2. The molecule has 2 heterocycles. The summed E-state index contributed by atoms with van der Waals surface area (Å²) in [6, 6.07) is 3.30. The van der Waals surface area contributed by atoms with E-state index in [-0.39, 0.29) is 0 Å². The lowest BCUT2D eigenvalue weighted by Gasteiger charge is -2.23. The van der Waals surface area contributed by atoms with Crippen LogP contribution in [0, 0.1) is 0 Å². The Morgan fingerprint density at radius 1 is 1.09 bits per heavy atom. The van der Waals surface area contributed by atoms with Crippen molar-refractivity contribution in [2.24, 2.45) is 0 Å². The zero-order chi connectivity index (χ0) is 16.6. The molecule has 0 bridgehead atoms. The molecule has 0 radical (unpaired) electrons. The van der Waals surface area contributed by atoms with E-state index < -0.39 is 5.63 Å². The Balaban J connectivity index is 2.57. The van der Waals surface area contributed by atoms with Crippen molar-refractivity contribution in [3.05, 3.63) is 28.8 Å². The van der Waals surface area contributed by atoms with Gasteiger partial charge in [0.1, 0.15) is 5.75 Å². The fraction of sp³-hybridized carbons (Fsp3) is 0.353. The summed E-state index contributed by atoms with van der Waals surface area (Å²) in [6.45, 7) is 5.57. The van der Waals surface area contributed by atoms with Crippen molar-refractivity contribution in [2.45, 2.75) is 13.8 Å². The van der Waals surface area contributed by atoms with Gasteiger partial charge in [0.15, 0.2) is 11.2 Å². The van der Waals surface area contributed by atoms with Gasteiger partial charge in [-0.25, -0.2) is 4.79 Å². The summed E-state index contributed by atoms with van der Waals surface area (Å²) in [6.07, 6.45) is 1.56. The predicted molar refractivity (Wildman–Crippen MR) is 88.9 cm³/mol. The van der Waals surface area contributed by atoms with Gasteiger partial charge in [0, 0.05) is 19.2 Å². The lowest BCUT2D eigenvalue weighted by atomic mass is 10.1. The Morgan fingerprint density at radius 2 is 1.78 bits per heavy atom. The molecule has 23 heavy (non-hydrogen) atoms. The average Bonchev–Trinajstić information content (AvgIpc) is 3.02. The topological polar surface area (TPSA) is 65.1 Å². The summed E-state index contributed by atoms with van der Waals surface area (Å²) >= 11 is 0. The number of hydrogen-bond donors (Lipinski definition) is 0. The van der Waals surface area contributed by atoms with Crippen LogP contribution in [0.3, 0.4) is 0 Å². The third-order valence-corrected chi connectivity index (χ3v) is 4.00. The Hall–Kier alpha value is -2.63. The van der Waals surface area contributed by atoms with E-state index in [0.29, 0.717) is 28.1 Å². The molecular formula is C17H19NO5. The first kappa shape index (κ1) is 15.3. The maximum atomic E-state index is 12.1. The summed E-state index contributed by atoms with van der Waals surface area (Å²) in [5.41, 5.74) is 1.16. The highest BCUT2D eigenvalue weighted by Crippen LogP contribution is 2.46. The molecule has 0 saturated heterocycles. The fourth-order valence-corrected chi connectivity index (χ4v) is 2.97. The van der Waals surface area contributed by atoms with Gasteiger partial charge < -0.3 is 23.2 Å². The molecule has 0 amide bonds. The van der Waals surface area contributed by atoms with Gasteiger partial charge >= 0.3 is 5.63 Å². The van der Waals surface area contributed by atoms with E-state index in [9.17, 15) is 4.79 Å². The number of furan rings is 1. The van der Waals surface area contributed by atoms with Crippen LogP contribution in [0.2, 0.25) is 0 Å². The monoisotopic (exact) mass is 317 g/mol. The lowest BCUT2D eigenvalue weighted by Crippen LogP contribution is -2.23. The van der Waals surface area contributed by atoms with Gasteiger partial charge in [-0.1, -0.05) is 0 Å². The van der Waals surface area contributed by atoms with Crippen molar-refractivity contribution in [1.29, 1.82) is 0 Å². The van der Waals surface area contributed by atoms with E-state index in [1.165, 1.54) is 13.2 Å². The summed E-state index contributed by atoms with van der Waals surface area (Å²) in [5, 5.41) is 1.49. The van der Waals surface area contributed by atoms with Crippen LogP contribution in [0.15, 0.2) is 32.0 Å². The van der Waals surface area contributed by atoms with E-state index in [1.54, 1.807) is 13.4 Å². The molecule has 3 rings (SSSR count). The van der Waals surface area contributed by atoms with Crippen LogP contribution in [-0.4, -0.2) is 27.3 Å². The number of hydrogen-bond acceptors (Lipinski definition) is 6. The third-order valence-electron chi connectivity index (χ3n) is 4.00. The summed E-state index contributed by atoms with van der Waals surface area (Å²) in [4.78, 5) is 14.1. The number of methoxy groups -OCH3 is 2. The zero-order valence-corrected chi connectivity index (χ0v) is 13.6. The molecule has 122 valence electrons. The van der Waals surface area contributed by atoms with Crippen molar-refractivity contribution in [1.82, 2.24) is 0 Å². The minimum absolute atomic E-state index is 0.334. The van der Waals surface area contributed by atoms with Crippen LogP contribution >= 0.6 is 0 Å². The largest absolute Gasteiger partial charge is 0.495 e. The quantitative estimate of drug-likeness (QED) is 0.672. The molecule has 0 N–H and O–H groups in total. The van der Waals surface area contributed by atoms with Crippen LogP contribution < -0.4 is 20.0 Å². The van der Waals surface area contributed by atoms with Crippen LogP contribution in [0.25, 0.3) is 21.9 Å². The van der Waals surface area contributed by atoms with Crippen molar-refractivity contribution in [2.75, 3.05) is 32.2 Å². The molecule has 2 aromatic heterocycles.